The molecule has 44 heavy (non-hydrogen) atoms. The fraction of sp³-hybridized carbons (Fsp3) is 0.0909. The second kappa shape index (κ2) is 10.2. The predicted octanol–water partition coefficient (Wildman–Crippen LogP) is 6.00. The molecule has 11 heteroatoms. The molecule has 1 saturated heterocycles. The van der Waals surface area contributed by atoms with Gasteiger partial charge in [0, 0.05) is 22.7 Å². The molecule has 5 aromatic rings. The van der Waals surface area contributed by atoms with Crippen LogP contribution in [-0.2, 0) is 16.8 Å². The lowest BCUT2D eigenvalue weighted by atomic mass is 9.59. The van der Waals surface area contributed by atoms with Crippen molar-refractivity contribution in [3.63, 3.8) is 0 Å². The van der Waals surface area contributed by atoms with Gasteiger partial charge < -0.3 is 14.1 Å². The Kier molecular flexibility index (Phi) is 6.56. The first kappa shape index (κ1) is 28.2. The van der Waals surface area contributed by atoms with E-state index in [1.165, 1.54) is 0 Å². The summed E-state index contributed by atoms with van der Waals surface area (Å²) in [7, 11) is 0. The van der Waals surface area contributed by atoms with E-state index in [-0.39, 0.29) is 16.9 Å². The van der Waals surface area contributed by atoms with Gasteiger partial charge in [0.05, 0.1) is 6.54 Å². The first-order valence-corrected chi connectivity index (χ1v) is 13.7. The smallest absolute Gasteiger partial charge is 0.562 e. The van der Waals surface area contributed by atoms with Crippen LogP contribution in [-0.4, -0.2) is 6.69 Å². The minimum absolute atomic E-state index is 0.0136. The zero-order valence-corrected chi connectivity index (χ0v) is 22.6. The summed E-state index contributed by atoms with van der Waals surface area (Å²) in [6, 6.07) is 26.3. The van der Waals surface area contributed by atoms with Gasteiger partial charge >= 0.3 is 6.69 Å². The summed E-state index contributed by atoms with van der Waals surface area (Å²) >= 11 is 0. The number of hydrogen-bond donors (Lipinski definition) is 1. The Bertz CT molecular complexity index is 1830. The van der Waals surface area contributed by atoms with E-state index >= 15 is 13.2 Å². The molecule has 7 rings (SSSR count). The highest BCUT2D eigenvalue weighted by molar-refractivity contribution is 6.75. The molecule has 0 aromatic heterocycles. The third kappa shape index (κ3) is 3.92. The second-order valence-electron chi connectivity index (χ2n) is 10.9. The maximum absolute atomic E-state index is 15.9. The second-order valence-corrected chi connectivity index (χ2v) is 10.9. The van der Waals surface area contributed by atoms with Crippen molar-refractivity contribution in [1.82, 2.24) is 0 Å². The maximum atomic E-state index is 15.9. The molecular formula is C33H21BF7NO2. The quantitative estimate of drug-likeness (QED) is 0.117. The largest absolute Gasteiger partial charge is 0.635 e. The SMILES string of the molecule is Fc1cc(F)c2c(c1)C[NH+]1[C@H](c3ccccc3)C(c3ccccc3)(c3ccccc3)O[B-]1(c1c(F)c(F)c(F)c(F)c1F)O2. The number of fused-ring (bicyclic) bond motifs is 2. The van der Waals surface area contributed by atoms with Crippen LogP contribution in [0.15, 0.2) is 103 Å². The summed E-state index contributed by atoms with van der Waals surface area (Å²) in [6.45, 7) is -4.22. The van der Waals surface area contributed by atoms with Crippen LogP contribution in [0.4, 0.5) is 30.7 Å². The number of benzene rings is 5. The van der Waals surface area contributed by atoms with Crippen molar-refractivity contribution in [1.29, 1.82) is 0 Å². The summed E-state index contributed by atoms with van der Waals surface area (Å²) in [5.41, 5.74) is -1.61. The molecule has 1 fully saturated rings. The van der Waals surface area contributed by atoms with E-state index in [9.17, 15) is 17.6 Å². The van der Waals surface area contributed by atoms with E-state index in [2.05, 4.69) is 0 Å². The Balaban J connectivity index is 1.65. The normalized spacial score (nSPS) is 21.8. The van der Waals surface area contributed by atoms with Crippen molar-refractivity contribution >= 4 is 12.1 Å². The van der Waals surface area contributed by atoms with Crippen molar-refractivity contribution in [2.45, 2.75) is 18.2 Å². The van der Waals surface area contributed by atoms with Crippen molar-refractivity contribution < 1.29 is 44.9 Å². The molecule has 0 bridgehead atoms. The summed E-state index contributed by atoms with van der Waals surface area (Å²) < 4.78 is 119. The van der Waals surface area contributed by atoms with E-state index in [0.717, 1.165) is 6.07 Å². The molecule has 0 amide bonds. The van der Waals surface area contributed by atoms with E-state index in [0.29, 0.717) is 22.8 Å². The number of quaternary nitrogens is 1. The van der Waals surface area contributed by atoms with Gasteiger partial charge in [-0.15, -0.1) is 0 Å². The zero-order valence-electron chi connectivity index (χ0n) is 22.6. The maximum Gasteiger partial charge on any atom is 0.562 e. The molecule has 0 aliphatic carbocycles. The predicted molar refractivity (Wildman–Crippen MR) is 147 cm³/mol. The molecule has 2 aliphatic heterocycles. The Hall–Kier alpha value is -4.61. The fourth-order valence-electron chi connectivity index (χ4n) is 6.85. The molecule has 3 nitrogen and oxygen atoms in total. The molecular weight excluding hydrogens is 586 g/mol. The topological polar surface area (TPSA) is 22.9 Å². The third-order valence-electron chi connectivity index (χ3n) is 8.54. The van der Waals surface area contributed by atoms with Crippen molar-refractivity contribution in [3.05, 3.63) is 166 Å². The Labute approximate surface area is 247 Å². The van der Waals surface area contributed by atoms with Gasteiger partial charge in [-0.25, -0.2) is 30.7 Å². The molecule has 222 valence electrons. The number of nitrogens with one attached hydrogen (secondary N) is 1. The summed E-state index contributed by atoms with van der Waals surface area (Å²) in [5, 5.41) is 0. The van der Waals surface area contributed by atoms with Crippen LogP contribution >= 0.6 is 0 Å². The molecule has 5 aromatic carbocycles. The van der Waals surface area contributed by atoms with Crippen LogP contribution in [0, 0.1) is 40.7 Å². The molecule has 2 unspecified atom stereocenters. The van der Waals surface area contributed by atoms with Gasteiger partial charge in [-0.3, -0.25) is 0 Å². The molecule has 0 spiro atoms. The van der Waals surface area contributed by atoms with Crippen LogP contribution < -0.4 is 14.9 Å². The first-order valence-electron chi connectivity index (χ1n) is 13.7. The van der Waals surface area contributed by atoms with Gasteiger partial charge in [0.2, 0.25) is 0 Å². The summed E-state index contributed by atoms with van der Waals surface area (Å²) in [4.78, 5) is 0.0459. The molecule has 0 saturated carbocycles. The highest BCUT2D eigenvalue weighted by atomic mass is 19.2. The summed E-state index contributed by atoms with van der Waals surface area (Å²) in [6.07, 6.45) is 0. The van der Waals surface area contributed by atoms with Crippen molar-refractivity contribution in [2.75, 3.05) is 0 Å². The lowest BCUT2D eigenvalue weighted by Gasteiger charge is -2.46. The standard InChI is InChI=1S/C33H21BF7NO2/c35-23-16-20-18-42-32(19-10-4-1-5-11-19)33(21-12-6-2-7-13-21,22-14-8-3-9-15-22)44-34(42,43-31(20)24(36)17-23)25-26(37)28(39)30(41)29(40)27(25)38/h1-17,32,42H,18H2/t32-,34?/m1/s1. The average Bonchev–Trinajstić information content (AvgIpc) is 3.35. The van der Waals surface area contributed by atoms with Gasteiger partial charge in [0.1, 0.15) is 34.8 Å². The molecule has 1 N–H and O–H groups in total. The van der Waals surface area contributed by atoms with Crippen LogP contribution in [0.2, 0.25) is 0 Å². The average molecular weight is 607 g/mol. The zero-order chi connectivity index (χ0) is 30.8. The lowest BCUT2D eigenvalue weighted by Crippen LogP contribution is -3.24. The van der Waals surface area contributed by atoms with Crippen LogP contribution in [0.3, 0.4) is 0 Å². The first-order chi connectivity index (χ1) is 21.2. The number of halogens is 7. The van der Waals surface area contributed by atoms with E-state index in [1.54, 1.807) is 91.0 Å². The van der Waals surface area contributed by atoms with E-state index in [4.69, 9.17) is 9.31 Å². The Morgan fingerprint density at radius 2 is 1.14 bits per heavy atom. The third-order valence-corrected chi connectivity index (χ3v) is 8.54. The highest BCUT2D eigenvalue weighted by Gasteiger charge is 2.69. The van der Waals surface area contributed by atoms with Crippen molar-refractivity contribution in [2.24, 2.45) is 0 Å². The Morgan fingerprint density at radius 1 is 0.636 bits per heavy atom. The molecule has 2 aliphatic rings. The minimum Gasteiger partial charge on any atom is -0.635 e. The van der Waals surface area contributed by atoms with Crippen LogP contribution in [0.5, 0.6) is 5.75 Å². The Morgan fingerprint density at radius 3 is 1.68 bits per heavy atom. The molecule has 2 heterocycles. The van der Waals surface area contributed by atoms with Gasteiger partial charge in [0.25, 0.3) is 0 Å². The van der Waals surface area contributed by atoms with E-state index < -0.39 is 70.3 Å². The van der Waals surface area contributed by atoms with Crippen molar-refractivity contribution in [3.8, 4) is 5.75 Å². The minimum atomic E-state index is -3.86. The van der Waals surface area contributed by atoms with Crippen LogP contribution in [0.25, 0.3) is 0 Å². The monoisotopic (exact) mass is 607 g/mol. The van der Waals surface area contributed by atoms with Gasteiger partial charge in [-0.2, -0.15) is 0 Å². The van der Waals surface area contributed by atoms with E-state index in [1.807, 2.05) is 0 Å². The number of rotatable bonds is 4. The molecule has 0 radical (unpaired) electrons. The fourth-order valence-corrected chi connectivity index (χ4v) is 6.85. The van der Waals surface area contributed by atoms with Gasteiger partial charge in [-0.1, -0.05) is 91.0 Å². The lowest BCUT2D eigenvalue weighted by molar-refractivity contribution is -0.851. The highest BCUT2D eigenvalue weighted by Crippen LogP contribution is 2.50. The molecule has 3 atom stereocenters. The number of hydrogen-bond acceptors (Lipinski definition) is 2. The van der Waals surface area contributed by atoms with Gasteiger partial charge in [-0.05, 0) is 17.2 Å². The van der Waals surface area contributed by atoms with Gasteiger partial charge in [0.15, 0.2) is 23.3 Å². The summed E-state index contributed by atoms with van der Waals surface area (Å²) in [5.74, 6) is -13.9. The van der Waals surface area contributed by atoms with Crippen LogP contribution in [0.1, 0.15) is 28.3 Å².